The minimum Gasteiger partial charge on any atom is -0.475 e. The van der Waals surface area contributed by atoms with E-state index in [0.717, 1.165) is 48.7 Å². The van der Waals surface area contributed by atoms with Crippen LogP contribution in [0.1, 0.15) is 24.4 Å². The number of nitrogens with zero attached hydrogens (tertiary/aromatic N) is 5. The first-order valence-corrected chi connectivity index (χ1v) is 9.90. The lowest BCUT2D eigenvalue weighted by Crippen LogP contribution is -2.37. The van der Waals surface area contributed by atoms with Crippen molar-refractivity contribution in [3.05, 3.63) is 60.6 Å². The predicted octanol–water partition coefficient (Wildman–Crippen LogP) is 3.93. The highest BCUT2D eigenvalue weighted by Crippen LogP contribution is 2.46. The molecule has 3 aromatic rings. The molecule has 0 saturated carbocycles. The molecular formula is C21H19F4N5O2. The number of rotatable bonds is 2. The highest BCUT2D eigenvalue weighted by molar-refractivity contribution is 5.73. The van der Waals surface area contributed by atoms with Crippen LogP contribution in [0, 0.1) is 11.7 Å². The summed E-state index contributed by atoms with van der Waals surface area (Å²) >= 11 is 0. The van der Waals surface area contributed by atoms with Crippen molar-refractivity contribution in [3.63, 3.8) is 0 Å². The third-order valence-electron chi connectivity index (χ3n) is 5.65. The molecule has 1 N–H and O–H groups in total. The highest BCUT2D eigenvalue weighted by Gasteiger charge is 2.39. The van der Waals surface area contributed by atoms with Crippen LogP contribution in [0.25, 0.3) is 11.3 Å². The van der Waals surface area contributed by atoms with Gasteiger partial charge in [-0.1, -0.05) is 12.1 Å². The minimum atomic E-state index is -5.08. The summed E-state index contributed by atoms with van der Waals surface area (Å²) in [6.07, 6.45) is 4.10. The van der Waals surface area contributed by atoms with Gasteiger partial charge < -0.3 is 14.6 Å². The molecule has 0 aliphatic carbocycles. The van der Waals surface area contributed by atoms with Gasteiger partial charge in [-0.05, 0) is 30.9 Å². The van der Waals surface area contributed by atoms with Gasteiger partial charge in [0.1, 0.15) is 5.82 Å². The first-order chi connectivity index (χ1) is 15.3. The van der Waals surface area contributed by atoms with Crippen molar-refractivity contribution >= 4 is 11.9 Å². The summed E-state index contributed by atoms with van der Waals surface area (Å²) in [5, 5.41) is 7.12. The summed E-state index contributed by atoms with van der Waals surface area (Å²) in [7, 11) is 0. The summed E-state index contributed by atoms with van der Waals surface area (Å²) in [6.45, 7) is 1.78. The highest BCUT2D eigenvalue weighted by atomic mass is 19.4. The number of hydrogen-bond donors (Lipinski definition) is 1. The summed E-state index contributed by atoms with van der Waals surface area (Å²) in [5.41, 5.74) is 2.83. The third kappa shape index (κ3) is 4.14. The van der Waals surface area contributed by atoms with Crippen LogP contribution < -0.4 is 4.90 Å². The smallest absolute Gasteiger partial charge is 0.475 e. The van der Waals surface area contributed by atoms with Gasteiger partial charge in [0.2, 0.25) is 5.95 Å². The summed E-state index contributed by atoms with van der Waals surface area (Å²) in [4.78, 5) is 24.1. The van der Waals surface area contributed by atoms with E-state index in [0.29, 0.717) is 5.92 Å². The normalized spacial score (nSPS) is 17.9. The lowest BCUT2D eigenvalue weighted by Gasteiger charge is -2.35. The third-order valence-corrected chi connectivity index (χ3v) is 5.65. The van der Waals surface area contributed by atoms with E-state index in [4.69, 9.17) is 9.90 Å². The van der Waals surface area contributed by atoms with Crippen molar-refractivity contribution in [2.45, 2.75) is 25.1 Å². The van der Waals surface area contributed by atoms with Crippen LogP contribution in [0.5, 0.6) is 0 Å². The van der Waals surface area contributed by atoms with Crippen molar-refractivity contribution in [1.82, 2.24) is 19.5 Å². The van der Waals surface area contributed by atoms with Gasteiger partial charge in [-0.25, -0.2) is 24.1 Å². The Morgan fingerprint density at radius 1 is 1.09 bits per heavy atom. The van der Waals surface area contributed by atoms with E-state index in [2.05, 4.69) is 24.4 Å². The average molecular weight is 449 g/mol. The van der Waals surface area contributed by atoms with Gasteiger partial charge in [0.25, 0.3) is 0 Å². The molecule has 2 aliphatic heterocycles. The Morgan fingerprint density at radius 2 is 1.75 bits per heavy atom. The van der Waals surface area contributed by atoms with Gasteiger partial charge in [0.15, 0.2) is 0 Å². The summed E-state index contributed by atoms with van der Waals surface area (Å²) in [6, 6.07) is 7.21. The first-order valence-electron chi connectivity index (χ1n) is 9.90. The molecule has 2 aliphatic rings. The minimum absolute atomic E-state index is 0.0348. The zero-order chi connectivity index (χ0) is 22.9. The molecule has 11 heteroatoms. The number of anilines is 1. The Kier molecular flexibility index (Phi) is 5.81. The molecule has 32 heavy (non-hydrogen) atoms. The maximum atomic E-state index is 14.6. The molecule has 1 fully saturated rings. The van der Waals surface area contributed by atoms with Crippen LogP contribution in [0.3, 0.4) is 0 Å². The molecule has 1 atom stereocenters. The second kappa shape index (κ2) is 8.56. The van der Waals surface area contributed by atoms with Crippen LogP contribution in [-0.2, 0) is 4.79 Å². The fraction of sp³-hybridized carbons (Fsp3) is 0.333. The number of fused-ring (bicyclic) bond motifs is 3. The number of carboxylic acid groups (broad SMARTS) is 1. The molecular weight excluding hydrogens is 430 g/mol. The maximum absolute atomic E-state index is 14.6. The van der Waals surface area contributed by atoms with Gasteiger partial charge >= 0.3 is 12.1 Å². The SMILES string of the molecule is Fc1cccc2c1C(C1CCN(c3ncccn3)CC1)n1cncc1-2.O=C(O)C(F)(F)F. The first kappa shape index (κ1) is 21.7. The molecule has 0 amide bonds. The Morgan fingerprint density at radius 3 is 2.38 bits per heavy atom. The number of aliphatic carboxylic acids is 1. The summed E-state index contributed by atoms with van der Waals surface area (Å²) < 4.78 is 48.5. The van der Waals surface area contributed by atoms with Crippen molar-refractivity contribution in [3.8, 4) is 11.3 Å². The molecule has 5 rings (SSSR count). The second-order valence-electron chi connectivity index (χ2n) is 7.51. The molecule has 4 heterocycles. The van der Waals surface area contributed by atoms with Crippen molar-refractivity contribution < 1.29 is 27.5 Å². The molecule has 1 unspecified atom stereocenters. The quantitative estimate of drug-likeness (QED) is 0.597. The van der Waals surface area contributed by atoms with Crippen molar-refractivity contribution in [1.29, 1.82) is 0 Å². The molecule has 1 aromatic carbocycles. The zero-order valence-electron chi connectivity index (χ0n) is 16.7. The van der Waals surface area contributed by atoms with Crippen LogP contribution in [0.2, 0.25) is 0 Å². The van der Waals surface area contributed by atoms with Gasteiger partial charge in [0.05, 0.1) is 24.3 Å². The Bertz CT molecular complexity index is 1100. The standard InChI is InChI=1S/C19H18FN5.C2HF3O2/c20-15-4-1-3-14-16-11-21-12-25(16)18(17(14)15)13-5-9-24(10-6-13)19-22-7-2-8-23-19;3-2(4,5)1(6)7/h1-4,7-8,11-13,18H,5-6,9-10H2;(H,6,7). The largest absolute Gasteiger partial charge is 0.490 e. The van der Waals surface area contributed by atoms with Crippen molar-refractivity contribution in [2.24, 2.45) is 5.92 Å². The summed E-state index contributed by atoms with van der Waals surface area (Å²) in [5.74, 6) is -1.71. The van der Waals surface area contributed by atoms with Crippen LogP contribution in [0.15, 0.2) is 49.2 Å². The van der Waals surface area contributed by atoms with Gasteiger partial charge in [0, 0.05) is 36.6 Å². The Balaban J connectivity index is 0.000000307. The van der Waals surface area contributed by atoms with Crippen LogP contribution in [-0.4, -0.2) is 49.9 Å². The number of carbonyl (C=O) groups is 1. The van der Waals surface area contributed by atoms with E-state index in [1.807, 2.05) is 24.7 Å². The monoisotopic (exact) mass is 449 g/mol. The van der Waals surface area contributed by atoms with Crippen LogP contribution >= 0.6 is 0 Å². The van der Waals surface area contributed by atoms with Gasteiger partial charge in [-0.2, -0.15) is 13.2 Å². The van der Waals surface area contributed by atoms with Gasteiger partial charge in [-0.3, -0.25) is 0 Å². The van der Waals surface area contributed by atoms with E-state index in [1.165, 1.54) is 0 Å². The van der Waals surface area contributed by atoms with E-state index < -0.39 is 12.1 Å². The second-order valence-corrected chi connectivity index (χ2v) is 7.51. The maximum Gasteiger partial charge on any atom is 0.490 e. The fourth-order valence-corrected chi connectivity index (χ4v) is 4.27. The average Bonchev–Trinajstić information content (AvgIpc) is 3.36. The number of hydrogen-bond acceptors (Lipinski definition) is 5. The molecule has 0 bridgehead atoms. The molecule has 2 aromatic heterocycles. The molecule has 1 saturated heterocycles. The van der Waals surface area contributed by atoms with Crippen molar-refractivity contribution in [2.75, 3.05) is 18.0 Å². The fourth-order valence-electron chi connectivity index (χ4n) is 4.27. The topological polar surface area (TPSA) is 84.1 Å². The van der Waals surface area contributed by atoms with Gasteiger partial charge in [-0.15, -0.1) is 0 Å². The van der Waals surface area contributed by atoms with E-state index in [1.54, 1.807) is 24.5 Å². The number of carboxylic acids is 1. The Labute approximate surface area is 180 Å². The molecule has 0 spiro atoms. The predicted molar refractivity (Wildman–Crippen MR) is 106 cm³/mol. The number of imidazole rings is 1. The Hall–Kier alpha value is -3.50. The van der Waals surface area contributed by atoms with Crippen LogP contribution in [0.4, 0.5) is 23.5 Å². The zero-order valence-corrected chi connectivity index (χ0v) is 16.7. The number of alkyl halides is 3. The number of aromatic nitrogens is 4. The molecule has 0 radical (unpaired) electrons. The van der Waals surface area contributed by atoms with E-state index in [9.17, 15) is 17.6 Å². The lowest BCUT2D eigenvalue weighted by molar-refractivity contribution is -0.192. The lowest BCUT2D eigenvalue weighted by atomic mass is 9.85. The number of piperidine rings is 1. The number of benzene rings is 1. The molecule has 7 nitrogen and oxygen atoms in total. The van der Waals surface area contributed by atoms with E-state index in [-0.39, 0.29) is 11.9 Å². The molecule has 168 valence electrons. The number of halogens is 4. The van der Waals surface area contributed by atoms with E-state index >= 15 is 0 Å².